The molecule has 9 nitrogen and oxygen atoms in total. The summed E-state index contributed by atoms with van der Waals surface area (Å²) in [7, 11) is 0. The van der Waals surface area contributed by atoms with Gasteiger partial charge in [0.1, 0.15) is 6.04 Å². The van der Waals surface area contributed by atoms with Crippen LogP contribution in [0, 0.1) is 5.92 Å². The molecule has 0 saturated carbocycles. The Morgan fingerprint density at radius 3 is 2.68 bits per heavy atom. The number of carbonyl (C=O) groups is 4. The van der Waals surface area contributed by atoms with Gasteiger partial charge in [0.05, 0.1) is 17.7 Å². The van der Waals surface area contributed by atoms with E-state index in [0.29, 0.717) is 24.8 Å². The normalized spacial score (nSPS) is 25.7. The van der Waals surface area contributed by atoms with Crippen molar-refractivity contribution in [2.45, 2.75) is 31.3 Å². The summed E-state index contributed by atoms with van der Waals surface area (Å²) in [5.74, 6) is -1.75. The number of piperidine rings is 1. The average Bonchev–Trinajstić information content (AvgIpc) is 3.29. The molecule has 4 amide bonds. The van der Waals surface area contributed by atoms with Crippen LogP contribution in [0.5, 0.6) is 0 Å². The molecular formula is C19H22N4O5. The van der Waals surface area contributed by atoms with Gasteiger partial charge in [0.2, 0.25) is 11.8 Å². The summed E-state index contributed by atoms with van der Waals surface area (Å²) in [5.41, 5.74) is 7.38. The third kappa shape index (κ3) is 3.27. The number of hydrogen-bond donors (Lipinski definition) is 3. The minimum Gasteiger partial charge on any atom is -0.383 e. The van der Waals surface area contributed by atoms with Crippen LogP contribution in [0.15, 0.2) is 18.2 Å². The van der Waals surface area contributed by atoms with Gasteiger partial charge in [-0.05, 0) is 31.0 Å². The molecule has 4 N–H and O–H groups in total. The second kappa shape index (κ2) is 7.33. The second-order valence-corrected chi connectivity index (χ2v) is 7.38. The van der Waals surface area contributed by atoms with E-state index in [9.17, 15) is 19.2 Å². The SMILES string of the molecule is NC(CNc1ccc2c(c1)C(=O)N(C1CCC(=O)NC1=O)C2=O)C1CCOC1. The van der Waals surface area contributed by atoms with Crippen molar-refractivity contribution in [3.8, 4) is 0 Å². The van der Waals surface area contributed by atoms with Crippen molar-refractivity contribution >= 4 is 29.3 Å². The van der Waals surface area contributed by atoms with E-state index in [1.807, 2.05) is 0 Å². The first kappa shape index (κ1) is 18.6. The van der Waals surface area contributed by atoms with Gasteiger partial charge in [-0.25, -0.2) is 0 Å². The van der Waals surface area contributed by atoms with Crippen LogP contribution in [0.1, 0.15) is 40.0 Å². The highest BCUT2D eigenvalue weighted by atomic mass is 16.5. The fourth-order valence-corrected chi connectivity index (χ4v) is 3.87. The van der Waals surface area contributed by atoms with Crippen LogP contribution in [-0.4, -0.2) is 60.4 Å². The van der Waals surface area contributed by atoms with Crippen LogP contribution in [-0.2, 0) is 14.3 Å². The standard InChI is InChI=1S/C19H22N4O5/c20-14(10-5-6-28-9-10)8-21-11-1-2-12-13(7-11)19(27)23(18(12)26)15-3-4-16(24)22-17(15)25/h1-2,7,10,14-15,21H,3-6,8-9,20H2,(H,22,24,25). The molecule has 28 heavy (non-hydrogen) atoms. The summed E-state index contributed by atoms with van der Waals surface area (Å²) in [6.07, 6.45) is 1.17. The topological polar surface area (TPSA) is 131 Å². The summed E-state index contributed by atoms with van der Waals surface area (Å²) >= 11 is 0. The molecule has 0 spiro atoms. The number of imide groups is 2. The van der Waals surface area contributed by atoms with Crippen LogP contribution >= 0.6 is 0 Å². The number of carbonyl (C=O) groups excluding carboxylic acids is 4. The van der Waals surface area contributed by atoms with E-state index < -0.39 is 29.7 Å². The largest absolute Gasteiger partial charge is 0.383 e. The molecule has 1 aromatic rings. The molecule has 148 valence electrons. The Bertz CT molecular complexity index is 849. The number of nitrogens with one attached hydrogen (secondary N) is 2. The maximum absolute atomic E-state index is 12.8. The molecule has 9 heteroatoms. The lowest BCUT2D eigenvalue weighted by Gasteiger charge is -2.27. The molecule has 3 aliphatic rings. The van der Waals surface area contributed by atoms with Crippen LogP contribution in [0.3, 0.4) is 0 Å². The molecule has 3 atom stereocenters. The van der Waals surface area contributed by atoms with Crippen molar-refractivity contribution in [3.63, 3.8) is 0 Å². The summed E-state index contributed by atoms with van der Waals surface area (Å²) in [6, 6.07) is 3.87. The van der Waals surface area contributed by atoms with Gasteiger partial charge in [0.15, 0.2) is 0 Å². The molecule has 0 aromatic heterocycles. The molecular weight excluding hydrogens is 364 g/mol. The van der Waals surface area contributed by atoms with E-state index in [0.717, 1.165) is 17.9 Å². The fraction of sp³-hybridized carbons (Fsp3) is 0.474. The fourth-order valence-electron chi connectivity index (χ4n) is 3.87. The summed E-state index contributed by atoms with van der Waals surface area (Å²) in [6.45, 7) is 1.90. The zero-order valence-corrected chi connectivity index (χ0v) is 15.3. The number of amides is 4. The molecule has 2 saturated heterocycles. The first-order valence-corrected chi connectivity index (χ1v) is 9.38. The lowest BCUT2D eigenvalue weighted by Crippen LogP contribution is -2.54. The predicted molar refractivity (Wildman–Crippen MR) is 98.5 cm³/mol. The van der Waals surface area contributed by atoms with Crippen molar-refractivity contribution in [1.82, 2.24) is 10.2 Å². The smallest absolute Gasteiger partial charge is 0.262 e. The third-order valence-corrected chi connectivity index (χ3v) is 5.55. The van der Waals surface area contributed by atoms with E-state index in [4.69, 9.17) is 10.5 Å². The van der Waals surface area contributed by atoms with E-state index in [-0.39, 0.29) is 30.0 Å². The highest BCUT2D eigenvalue weighted by Crippen LogP contribution is 2.29. The van der Waals surface area contributed by atoms with Crippen LogP contribution < -0.4 is 16.4 Å². The first-order valence-electron chi connectivity index (χ1n) is 9.38. The molecule has 3 aliphatic heterocycles. The number of fused-ring (bicyclic) bond motifs is 1. The van der Waals surface area contributed by atoms with Crippen molar-refractivity contribution in [1.29, 1.82) is 0 Å². The Morgan fingerprint density at radius 2 is 1.96 bits per heavy atom. The molecule has 0 aliphatic carbocycles. The van der Waals surface area contributed by atoms with Crippen molar-refractivity contribution < 1.29 is 23.9 Å². The Hall–Kier alpha value is -2.78. The molecule has 2 fully saturated rings. The second-order valence-electron chi connectivity index (χ2n) is 7.38. The van der Waals surface area contributed by atoms with Crippen molar-refractivity contribution in [2.24, 2.45) is 11.7 Å². The number of ether oxygens (including phenoxy) is 1. The van der Waals surface area contributed by atoms with Gasteiger partial charge < -0.3 is 15.8 Å². The molecule has 4 rings (SSSR count). The minimum atomic E-state index is -0.961. The highest BCUT2D eigenvalue weighted by molar-refractivity contribution is 6.23. The van der Waals surface area contributed by atoms with Gasteiger partial charge in [-0.1, -0.05) is 0 Å². The first-order chi connectivity index (χ1) is 13.5. The third-order valence-electron chi connectivity index (χ3n) is 5.55. The van der Waals surface area contributed by atoms with E-state index in [1.54, 1.807) is 18.2 Å². The average molecular weight is 386 g/mol. The highest BCUT2D eigenvalue weighted by Gasteiger charge is 2.44. The Balaban J connectivity index is 1.47. The van der Waals surface area contributed by atoms with E-state index >= 15 is 0 Å². The quantitative estimate of drug-likeness (QED) is 0.601. The van der Waals surface area contributed by atoms with E-state index in [1.165, 1.54) is 0 Å². The minimum absolute atomic E-state index is 0.0759. The van der Waals surface area contributed by atoms with Crippen LogP contribution in [0.2, 0.25) is 0 Å². The monoisotopic (exact) mass is 386 g/mol. The number of nitrogens with two attached hydrogens (primary N) is 1. The zero-order chi connectivity index (χ0) is 19.8. The lowest BCUT2D eigenvalue weighted by atomic mass is 10.00. The number of nitrogens with zero attached hydrogens (tertiary/aromatic N) is 1. The van der Waals surface area contributed by atoms with Crippen molar-refractivity contribution in [2.75, 3.05) is 25.1 Å². The number of anilines is 1. The summed E-state index contributed by atoms with van der Waals surface area (Å²) in [4.78, 5) is 49.9. The maximum atomic E-state index is 12.8. The van der Waals surface area contributed by atoms with Gasteiger partial charge >= 0.3 is 0 Å². The summed E-state index contributed by atoms with van der Waals surface area (Å²) < 4.78 is 5.35. The van der Waals surface area contributed by atoms with Gasteiger partial charge in [-0.2, -0.15) is 0 Å². The van der Waals surface area contributed by atoms with Gasteiger partial charge in [0, 0.05) is 37.2 Å². The van der Waals surface area contributed by atoms with Crippen molar-refractivity contribution in [3.05, 3.63) is 29.3 Å². The number of benzene rings is 1. The van der Waals surface area contributed by atoms with Gasteiger partial charge in [-0.3, -0.25) is 29.4 Å². The van der Waals surface area contributed by atoms with Gasteiger partial charge in [0.25, 0.3) is 11.8 Å². The Kier molecular flexibility index (Phi) is 4.86. The van der Waals surface area contributed by atoms with Crippen LogP contribution in [0.25, 0.3) is 0 Å². The molecule has 0 radical (unpaired) electrons. The Morgan fingerprint density at radius 1 is 1.18 bits per heavy atom. The zero-order valence-electron chi connectivity index (χ0n) is 15.3. The molecule has 3 unspecified atom stereocenters. The van der Waals surface area contributed by atoms with Crippen LogP contribution in [0.4, 0.5) is 5.69 Å². The van der Waals surface area contributed by atoms with E-state index in [2.05, 4.69) is 10.6 Å². The lowest BCUT2D eigenvalue weighted by molar-refractivity contribution is -0.136. The molecule has 1 aromatic carbocycles. The molecule has 0 bridgehead atoms. The number of rotatable bonds is 5. The molecule has 3 heterocycles. The Labute approximate surface area is 161 Å². The van der Waals surface area contributed by atoms with Gasteiger partial charge in [-0.15, -0.1) is 0 Å². The predicted octanol–water partition coefficient (Wildman–Crippen LogP) is -0.137. The maximum Gasteiger partial charge on any atom is 0.262 e. The summed E-state index contributed by atoms with van der Waals surface area (Å²) in [5, 5.41) is 5.39. The number of hydrogen-bond acceptors (Lipinski definition) is 7.